The molecule has 2 fully saturated rings. The molecule has 1 saturated heterocycles. The van der Waals surface area contributed by atoms with E-state index in [0.29, 0.717) is 6.54 Å². The number of rotatable bonds is 6. The zero-order valence-electron chi connectivity index (χ0n) is 12.6. The Labute approximate surface area is 125 Å². The summed E-state index contributed by atoms with van der Waals surface area (Å²) in [6.07, 6.45) is 5.25. The van der Waals surface area contributed by atoms with Crippen molar-refractivity contribution in [1.29, 1.82) is 0 Å². The molecule has 1 heterocycles. The van der Waals surface area contributed by atoms with Crippen molar-refractivity contribution in [2.75, 3.05) is 13.2 Å². The van der Waals surface area contributed by atoms with Crippen LogP contribution in [0.15, 0.2) is 0 Å². The zero-order chi connectivity index (χ0) is 15.2. The molecule has 0 spiro atoms. The van der Waals surface area contributed by atoms with Crippen molar-refractivity contribution in [3.05, 3.63) is 0 Å². The van der Waals surface area contributed by atoms with Gasteiger partial charge in [0.05, 0.1) is 18.8 Å². The molecule has 0 bridgehead atoms. The lowest BCUT2D eigenvalue weighted by Crippen LogP contribution is -2.50. The minimum absolute atomic E-state index is 0.0360. The van der Waals surface area contributed by atoms with E-state index in [4.69, 9.17) is 4.74 Å². The fraction of sp³-hybridized carbons (Fsp3) is 0.867. The van der Waals surface area contributed by atoms with Crippen LogP contribution in [0.1, 0.15) is 45.4 Å². The van der Waals surface area contributed by atoms with Gasteiger partial charge in [0.2, 0.25) is 11.8 Å². The van der Waals surface area contributed by atoms with Crippen LogP contribution in [0.25, 0.3) is 0 Å². The zero-order valence-corrected chi connectivity index (χ0v) is 12.6. The number of carbonyl (C=O) groups is 2. The summed E-state index contributed by atoms with van der Waals surface area (Å²) in [5.41, 5.74) is 0. The third-order valence-corrected chi connectivity index (χ3v) is 4.43. The Balaban J connectivity index is 1.68. The van der Waals surface area contributed by atoms with E-state index in [2.05, 4.69) is 10.6 Å². The highest BCUT2D eigenvalue weighted by atomic mass is 16.5. The van der Waals surface area contributed by atoms with Gasteiger partial charge in [-0.15, -0.1) is 0 Å². The lowest BCUT2D eigenvalue weighted by atomic mass is 9.85. The van der Waals surface area contributed by atoms with E-state index in [1.807, 2.05) is 0 Å². The quantitative estimate of drug-likeness (QED) is 0.660. The summed E-state index contributed by atoms with van der Waals surface area (Å²) in [7, 11) is 0. The van der Waals surface area contributed by atoms with Crippen LogP contribution in [0.4, 0.5) is 0 Å². The fourth-order valence-electron chi connectivity index (χ4n) is 2.94. The molecule has 2 aliphatic rings. The van der Waals surface area contributed by atoms with E-state index < -0.39 is 0 Å². The molecular weight excluding hydrogens is 272 g/mol. The van der Waals surface area contributed by atoms with Crippen molar-refractivity contribution >= 4 is 11.8 Å². The molecule has 0 aromatic heterocycles. The normalized spacial score (nSPS) is 29.5. The molecule has 2 rings (SSSR count). The number of nitrogens with one attached hydrogen (secondary N) is 2. The molecule has 6 nitrogen and oxygen atoms in total. The predicted octanol–water partition coefficient (Wildman–Crippen LogP) is 0.337. The fourth-order valence-corrected chi connectivity index (χ4v) is 2.94. The maximum Gasteiger partial charge on any atom is 0.223 e. The summed E-state index contributed by atoms with van der Waals surface area (Å²) in [4.78, 5) is 22.8. The number of hydrogen-bond donors (Lipinski definition) is 3. The molecule has 1 saturated carbocycles. The molecular formula is C15H26N2O4. The van der Waals surface area contributed by atoms with E-state index in [1.54, 1.807) is 0 Å². The number of ether oxygens (including phenoxy) is 1. The highest BCUT2D eigenvalue weighted by Crippen LogP contribution is 2.26. The summed E-state index contributed by atoms with van der Waals surface area (Å²) in [6, 6.07) is -0.117. The van der Waals surface area contributed by atoms with Gasteiger partial charge in [-0.25, -0.2) is 0 Å². The number of amides is 2. The third kappa shape index (κ3) is 4.68. The first-order valence-corrected chi connectivity index (χ1v) is 7.91. The lowest BCUT2D eigenvalue weighted by molar-refractivity contribution is -0.129. The predicted molar refractivity (Wildman–Crippen MR) is 77.6 cm³/mol. The van der Waals surface area contributed by atoms with Gasteiger partial charge in [0, 0.05) is 19.4 Å². The second-order valence-corrected chi connectivity index (χ2v) is 6.07. The second kappa shape index (κ2) is 7.75. The molecule has 3 atom stereocenters. The van der Waals surface area contributed by atoms with Gasteiger partial charge in [-0.2, -0.15) is 0 Å². The summed E-state index contributed by atoms with van der Waals surface area (Å²) >= 11 is 0. The molecule has 0 unspecified atom stereocenters. The number of hydrogen-bond acceptors (Lipinski definition) is 4. The average molecular weight is 298 g/mol. The average Bonchev–Trinajstić information content (AvgIpc) is 2.37. The van der Waals surface area contributed by atoms with Gasteiger partial charge in [-0.3, -0.25) is 9.59 Å². The molecule has 0 aromatic rings. The summed E-state index contributed by atoms with van der Waals surface area (Å²) in [5.74, 6) is 0.270. The Morgan fingerprint density at radius 1 is 1.24 bits per heavy atom. The van der Waals surface area contributed by atoms with E-state index in [1.165, 1.54) is 6.92 Å². The Kier molecular flexibility index (Phi) is 5.99. The van der Waals surface area contributed by atoms with Gasteiger partial charge in [0.15, 0.2) is 0 Å². The molecule has 1 aliphatic heterocycles. The van der Waals surface area contributed by atoms with Gasteiger partial charge in [0.1, 0.15) is 6.10 Å². The first kappa shape index (κ1) is 16.2. The van der Waals surface area contributed by atoms with Crippen molar-refractivity contribution in [2.45, 2.75) is 63.7 Å². The van der Waals surface area contributed by atoms with E-state index >= 15 is 0 Å². The minimum atomic E-state index is -0.352. The van der Waals surface area contributed by atoms with Crippen LogP contribution in [0.3, 0.4) is 0 Å². The van der Waals surface area contributed by atoms with Crippen molar-refractivity contribution in [3.63, 3.8) is 0 Å². The smallest absolute Gasteiger partial charge is 0.223 e. The van der Waals surface area contributed by atoms with Crippen molar-refractivity contribution in [3.8, 4) is 0 Å². The van der Waals surface area contributed by atoms with Gasteiger partial charge in [-0.05, 0) is 32.1 Å². The highest BCUT2D eigenvalue weighted by Gasteiger charge is 2.31. The van der Waals surface area contributed by atoms with Gasteiger partial charge in [-0.1, -0.05) is 6.42 Å². The molecule has 0 aromatic carbocycles. The maximum absolute atomic E-state index is 11.7. The van der Waals surface area contributed by atoms with Gasteiger partial charge >= 0.3 is 0 Å². The van der Waals surface area contributed by atoms with Gasteiger partial charge in [0.25, 0.3) is 0 Å². The lowest BCUT2D eigenvalue weighted by Gasteiger charge is -2.36. The van der Waals surface area contributed by atoms with Crippen molar-refractivity contribution in [1.82, 2.24) is 10.6 Å². The van der Waals surface area contributed by atoms with E-state index in [0.717, 1.165) is 38.5 Å². The first-order chi connectivity index (χ1) is 10.1. The van der Waals surface area contributed by atoms with Crippen LogP contribution in [-0.2, 0) is 14.3 Å². The summed E-state index contributed by atoms with van der Waals surface area (Å²) in [5, 5.41) is 15.1. The monoisotopic (exact) mass is 298 g/mol. The van der Waals surface area contributed by atoms with Crippen LogP contribution in [0, 0.1) is 5.92 Å². The Bertz CT molecular complexity index is 371. The standard InChI is InChI=1S/C15H26N2O4/c1-10(19)17-13-6-5-12(21-14(13)9-18)7-8-16-15(20)11-3-2-4-11/h11-14,18H,2-9H2,1H3,(H,16,20)(H,17,19)/t12-,13-,14+/m1/s1. The van der Waals surface area contributed by atoms with Crippen LogP contribution in [0.5, 0.6) is 0 Å². The van der Waals surface area contributed by atoms with Crippen molar-refractivity contribution in [2.24, 2.45) is 5.92 Å². The molecule has 2 amide bonds. The van der Waals surface area contributed by atoms with Crippen LogP contribution in [-0.4, -0.2) is 48.3 Å². The van der Waals surface area contributed by atoms with Gasteiger partial charge < -0.3 is 20.5 Å². The Hall–Kier alpha value is -1.14. The molecule has 6 heteroatoms. The molecule has 120 valence electrons. The molecule has 0 radical (unpaired) electrons. The summed E-state index contributed by atoms with van der Waals surface area (Å²) in [6.45, 7) is 1.98. The van der Waals surface area contributed by atoms with Crippen LogP contribution < -0.4 is 10.6 Å². The minimum Gasteiger partial charge on any atom is -0.394 e. The molecule has 3 N–H and O–H groups in total. The highest BCUT2D eigenvalue weighted by molar-refractivity contribution is 5.79. The van der Waals surface area contributed by atoms with E-state index in [-0.39, 0.29) is 42.6 Å². The van der Waals surface area contributed by atoms with Crippen LogP contribution >= 0.6 is 0 Å². The third-order valence-electron chi connectivity index (χ3n) is 4.43. The number of aliphatic hydroxyl groups excluding tert-OH is 1. The first-order valence-electron chi connectivity index (χ1n) is 7.91. The summed E-state index contributed by atoms with van der Waals surface area (Å²) < 4.78 is 5.82. The molecule has 21 heavy (non-hydrogen) atoms. The number of carbonyl (C=O) groups excluding carboxylic acids is 2. The van der Waals surface area contributed by atoms with E-state index in [9.17, 15) is 14.7 Å². The topological polar surface area (TPSA) is 87.7 Å². The molecule has 1 aliphatic carbocycles. The second-order valence-electron chi connectivity index (χ2n) is 6.07. The Morgan fingerprint density at radius 3 is 2.57 bits per heavy atom. The number of aliphatic hydroxyl groups is 1. The maximum atomic E-state index is 11.7. The van der Waals surface area contributed by atoms with Crippen molar-refractivity contribution < 1.29 is 19.4 Å². The van der Waals surface area contributed by atoms with Crippen LogP contribution in [0.2, 0.25) is 0 Å². The Morgan fingerprint density at radius 2 is 2.00 bits per heavy atom. The SMILES string of the molecule is CC(=O)N[C@@H]1CC[C@H](CCNC(=O)C2CCC2)O[C@H]1CO. The largest absolute Gasteiger partial charge is 0.394 e.